The van der Waals surface area contributed by atoms with Crippen LogP contribution < -0.4 is 9.62 Å². The summed E-state index contributed by atoms with van der Waals surface area (Å²) in [6, 6.07) is 8.00. The Morgan fingerprint density at radius 1 is 1.25 bits per heavy atom. The van der Waals surface area contributed by atoms with E-state index in [0.29, 0.717) is 18.4 Å². The summed E-state index contributed by atoms with van der Waals surface area (Å²) in [6.45, 7) is 3.64. The zero-order valence-corrected chi connectivity index (χ0v) is 17.6. The molecule has 28 heavy (non-hydrogen) atoms. The monoisotopic (exact) mass is 407 g/mol. The van der Waals surface area contributed by atoms with Crippen LogP contribution in [0.25, 0.3) is 0 Å². The van der Waals surface area contributed by atoms with Gasteiger partial charge in [-0.25, -0.2) is 17.8 Å². The average molecular weight is 408 g/mol. The lowest BCUT2D eigenvalue weighted by molar-refractivity contribution is -0.120. The molecular weight excluding hydrogens is 381 g/mol. The number of hydrogen-bond donors (Lipinski definition) is 1. The fourth-order valence-corrected chi connectivity index (χ4v) is 3.46. The largest absolute Gasteiger partial charge is 0.363 e. The van der Waals surface area contributed by atoms with Crippen LogP contribution in [0.3, 0.4) is 0 Å². The zero-order valence-electron chi connectivity index (χ0n) is 16.8. The van der Waals surface area contributed by atoms with Crippen molar-refractivity contribution in [3.63, 3.8) is 0 Å². The first-order valence-corrected chi connectivity index (χ1v) is 10.8. The number of aryl methyl sites for hydroxylation is 2. The molecule has 0 radical (unpaired) electrons. The number of sulfonamides is 1. The van der Waals surface area contributed by atoms with E-state index in [4.69, 9.17) is 0 Å². The molecule has 0 aliphatic carbocycles. The second kappa shape index (κ2) is 8.68. The van der Waals surface area contributed by atoms with Gasteiger partial charge in [0.15, 0.2) is 0 Å². The third-order valence-corrected chi connectivity index (χ3v) is 5.02. The summed E-state index contributed by atoms with van der Waals surface area (Å²) < 4.78 is 38.8. The molecule has 1 N–H and O–H groups in total. The van der Waals surface area contributed by atoms with Crippen LogP contribution in [0.5, 0.6) is 0 Å². The smallest absolute Gasteiger partial charge is 0.229 e. The van der Waals surface area contributed by atoms with Crippen molar-refractivity contribution in [2.45, 2.75) is 32.6 Å². The maximum atomic E-state index is 14.2. The Morgan fingerprint density at radius 3 is 2.50 bits per heavy atom. The van der Waals surface area contributed by atoms with E-state index in [1.807, 2.05) is 38.1 Å². The Morgan fingerprint density at radius 2 is 1.93 bits per heavy atom. The second-order valence-corrected chi connectivity index (χ2v) is 8.88. The first-order valence-electron chi connectivity index (χ1n) is 8.91. The van der Waals surface area contributed by atoms with Gasteiger partial charge in [0.25, 0.3) is 0 Å². The molecule has 0 saturated carbocycles. The lowest BCUT2D eigenvalue weighted by atomic mass is 9.92. The molecule has 0 saturated heterocycles. The number of nitrogens with one attached hydrogen (secondary N) is 1. The van der Waals surface area contributed by atoms with Gasteiger partial charge in [0.05, 0.1) is 11.9 Å². The van der Waals surface area contributed by atoms with Crippen molar-refractivity contribution in [2.75, 3.05) is 30.0 Å². The molecule has 1 aromatic carbocycles. The summed E-state index contributed by atoms with van der Waals surface area (Å²) in [5.41, 5.74) is 2.27. The van der Waals surface area contributed by atoms with E-state index in [1.54, 1.807) is 13.0 Å². The number of Topliss-reactive ketones (excluding diaryl/α,β-unsaturated/α-hetero) is 1. The number of halogens is 1. The van der Waals surface area contributed by atoms with E-state index in [9.17, 15) is 17.6 Å². The highest BCUT2D eigenvalue weighted by atomic mass is 32.2. The maximum Gasteiger partial charge on any atom is 0.229 e. The predicted molar refractivity (Wildman–Crippen MR) is 110 cm³/mol. The highest BCUT2D eigenvalue weighted by Gasteiger charge is 2.18. The average Bonchev–Trinajstić information content (AvgIpc) is 2.60. The van der Waals surface area contributed by atoms with Crippen LogP contribution in [0.1, 0.15) is 36.1 Å². The zero-order chi connectivity index (χ0) is 21.1. The van der Waals surface area contributed by atoms with Gasteiger partial charge >= 0.3 is 0 Å². The van der Waals surface area contributed by atoms with Crippen LogP contribution in [-0.2, 0) is 21.2 Å². The third-order valence-electron chi connectivity index (χ3n) is 4.43. The molecule has 2 rings (SSSR count). The SMILES string of the molecule is Cc1ccc(CCC(=O)C(C)c2ccc(NS(C)(=O)=O)c(F)c2)c(N(C)C)n1. The number of anilines is 2. The van der Waals surface area contributed by atoms with Gasteiger partial charge < -0.3 is 4.90 Å². The molecule has 0 fully saturated rings. The molecule has 1 atom stereocenters. The Balaban J connectivity index is 2.10. The van der Waals surface area contributed by atoms with E-state index < -0.39 is 21.8 Å². The molecule has 1 heterocycles. The Bertz CT molecular complexity index is 975. The number of benzene rings is 1. The van der Waals surface area contributed by atoms with E-state index in [2.05, 4.69) is 9.71 Å². The van der Waals surface area contributed by atoms with Crippen molar-refractivity contribution in [1.82, 2.24) is 4.98 Å². The van der Waals surface area contributed by atoms with Crippen LogP contribution in [0.4, 0.5) is 15.9 Å². The number of ketones is 1. The van der Waals surface area contributed by atoms with Crippen molar-refractivity contribution < 1.29 is 17.6 Å². The van der Waals surface area contributed by atoms with Gasteiger partial charge in [-0.1, -0.05) is 19.1 Å². The molecular formula is C20H26FN3O3S. The number of rotatable bonds is 8. The van der Waals surface area contributed by atoms with E-state index in [1.165, 1.54) is 12.1 Å². The summed E-state index contributed by atoms with van der Waals surface area (Å²) >= 11 is 0. The van der Waals surface area contributed by atoms with Gasteiger partial charge in [0, 0.05) is 32.1 Å². The molecule has 1 unspecified atom stereocenters. The quantitative estimate of drug-likeness (QED) is 0.727. The van der Waals surface area contributed by atoms with Gasteiger partial charge in [-0.15, -0.1) is 0 Å². The van der Waals surface area contributed by atoms with Crippen LogP contribution in [-0.4, -0.2) is 39.5 Å². The lowest BCUT2D eigenvalue weighted by Gasteiger charge is -2.17. The number of carbonyl (C=O) groups excluding carboxylic acids is 1. The fourth-order valence-electron chi connectivity index (χ4n) is 2.90. The van der Waals surface area contributed by atoms with Crippen LogP contribution in [0.15, 0.2) is 30.3 Å². The minimum Gasteiger partial charge on any atom is -0.363 e. The first-order chi connectivity index (χ1) is 13.0. The summed E-state index contributed by atoms with van der Waals surface area (Å²) in [6.07, 6.45) is 1.80. The molecule has 0 amide bonds. The van der Waals surface area contributed by atoms with Crippen molar-refractivity contribution >= 4 is 27.3 Å². The number of carbonyl (C=O) groups is 1. The molecule has 0 spiro atoms. The maximum absolute atomic E-state index is 14.2. The van der Waals surface area contributed by atoms with Gasteiger partial charge in [-0.3, -0.25) is 9.52 Å². The molecule has 1 aromatic heterocycles. The van der Waals surface area contributed by atoms with Crippen molar-refractivity contribution in [3.05, 3.63) is 53.0 Å². The third kappa shape index (κ3) is 5.76. The van der Waals surface area contributed by atoms with Crippen LogP contribution in [0, 0.1) is 12.7 Å². The topological polar surface area (TPSA) is 79.4 Å². The van der Waals surface area contributed by atoms with Crippen LogP contribution >= 0.6 is 0 Å². The Hall–Kier alpha value is -2.48. The molecule has 8 heteroatoms. The van der Waals surface area contributed by atoms with E-state index in [-0.39, 0.29) is 11.5 Å². The van der Waals surface area contributed by atoms with Gasteiger partial charge in [-0.05, 0) is 42.7 Å². The fraction of sp³-hybridized carbons (Fsp3) is 0.400. The van der Waals surface area contributed by atoms with Gasteiger partial charge in [0.2, 0.25) is 10.0 Å². The standard InChI is InChI=1S/C20H26FN3O3S/c1-13-6-7-15(20(22-13)24(3)4)9-11-19(25)14(2)16-8-10-18(17(21)12-16)23-28(5,26)27/h6-8,10,12,14,23H,9,11H2,1-5H3. The minimum absolute atomic E-state index is 0.0199. The van der Waals surface area contributed by atoms with Crippen molar-refractivity contribution in [3.8, 4) is 0 Å². The van der Waals surface area contributed by atoms with Crippen molar-refractivity contribution in [2.24, 2.45) is 0 Å². The number of aromatic nitrogens is 1. The highest BCUT2D eigenvalue weighted by molar-refractivity contribution is 7.92. The van der Waals surface area contributed by atoms with Crippen LogP contribution in [0.2, 0.25) is 0 Å². The second-order valence-electron chi connectivity index (χ2n) is 7.13. The number of hydrogen-bond acceptors (Lipinski definition) is 5. The molecule has 2 aromatic rings. The van der Waals surface area contributed by atoms with Crippen molar-refractivity contribution in [1.29, 1.82) is 0 Å². The molecule has 0 bridgehead atoms. The number of pyridine rings is 1. The Kier molecular flexibility index (Phi) is 6.77. The van der Waals surface area contributed by atoms with Gasteiger partial charge in [-0.2, -0.15) is 0 Å². The highest BCUT2D eigenvalue weighted by Crippen LogP contribution is 2.25. The first kappa shape index (κ1) is 21.8. The normalized spacial score (nSPS) is 12.5. The summed E-state index contributed by atoms with van der Waals surface area (Å²) in [4.78, 5) is 19.1. The van der Waals surface area contributed by atoms with Gasteiger partial charge in [0.1, 0.15) is 17.4 Å². The van der Waals surface area contributed by atoms with E-state index in [0.717, 1.165) is 23.3 Å². The number of nitrogens with zero attached hydrogens (tertiary/aromatic N) is 2. The summed E-state index contributed by atoms with van der Waals surface area (Å²) in [5.74, 6) is -0.389. The predicted octanol–water partition coefficient (Wildman–Crippen LogP) is 3.27. The summed E-state index contributed by atoms with van der Waals surface area (Å²) in [5, 5.41) is 0. The Labute approximate surface area is 165 Å². The molecule has 152 valence electrons. The molecule has 0 aliphatic heterocycles. The minimum atomic E-state index is -3.57. The molecule has 6 nitrogen and oxygen atoms in total. The molecule has 0 aliphatic rings. The summed E-state index contributed by atoms with van der Waals surface area (Å²) in [7, 11) is 0.245. The van der Waals surface area contributed by atoms with E-state index >= 15 is 0 Å². The lowest BCUT2D eigenvalue weighted by Crippen LogP contribution is -2.16.